The third-order valence-corrected chi connectivity index (χ3v) is 4.11. The van der Waals surface area contributed by atoms with Crippen molar-refractivity contribution in [3.63, 3.8) is 0 Å². The fraction of sp³-hybridized carbons (Fsp3) is 0.786. The van der Waals surface area contributed by atoms with E-state index in [9.17, 15) is 19.5 Å². The molecule has 0 aromatic rings. The van der Waals surface area contributed by atoms with Crippen molar-refractivity contribution in [2.24, 2.45) is 11.1 Å². The van der Waals surface area contributed by atoms with Crippen LogP contribution in [0.4, 0.5) is 4.79 Å². The van der Waals surface area contributed by atoms with E-state index in [1.807, 2.05) is 0 Å². The van der Waals surface area contributed by atoms with Crippen LogP contribution in [-0.2, 0) is 9.59 Å². The fourth-order valence-electron chi connectivity index (χ4n) is 2.74. The van der Waals surface area contributed by atoms with E-state index in [2.05, 4.69) is 5.32 Å². The van der Waals surface area contributed by atoms with Crippen LogP contribution in [0.3, 0.4) is 0 Å². The highest BCUT2D eigenvalue weighted by molar-refractivity contribution is 5.83. The first-order valence-corrected chi connectivity index (χ1v) is 7.46. The quantitative estimate of drug-likeness (QED) is 0.633. The maximum absolute atomic E-state index is 12.0. The van der Waals surface area contributed by atoms with Gasteiger partial charge >= 0.3 is 12.0 Å². The summed E-state index contributed by atoms with van der Waals surface area (Å²) in [5, 5.41) is 12.2. The van der Waals surface area contributed by atoms with Crippen molar-refractivity contribution in [1.29, 1.82) is 0 Å². The van der Waals surface area contributed by atoms with E-state index in [-0.39, 0.29) is 13.1 Å². The molecule has 1 saturated carbocycles. The number of primary amides is 1. The molecule has 1 rings (SSSR count). The molecule has 21 heavy (non-hydrogen) atoms. The molecular weight excluding hydrogens is 274 g/mol. The maximum atomic E-state index is 12.0. The van der Waals surface area contributed by atoms with Crippen LogP contribution in [0, 0.1) is 5.41 Å². The molecule has 7 heteroatoms. The number of nitrogens with two attached hydrogens (primary N) is 1. The number of rotatable bonds is 6. The van der Waals surface area contributed by atoms with Gasteiger partial charge in [-0.2, -0.15) is 0 Å². The Morgan fingerprint density at radius 2 is 1.76 bits per heavy atom. The Morgan fingerprint density at radius 3 is 2.19 bits per heavy atom. The normalized spacial score (nSPS) is 17.6. The first kappa shape index (κ1) is 17.3. The van der Waals surface area contributed by atoms with E-state index in [0.717, 1.165) is 25.7 Å². The standard InChI is InChI=1S/C14H25N3O4/c1-2-17(9-11(15)18)13(21)16-10-14(12(19)20)7-5-3-4-6-8-14/h2-10H2,1H3,(H2,15,18)(H,16,21)(H,19,20). The topological polar surface area (TPSA) is 113 Å². The Hall–Kier alpha value is -1.79. The van der Waals surface area contributed by atoms with Gasteiger partial charge in [-0.05, 0) is 19.8 Å². The summed E-state index contributed by atoms with van der Waals surface area (Å²) in [5.74, 6) is -1.45. The van der Waals surface area contributed by atoms with Crippen molar-refractivity contribution in [3.8, 4) is 0 Å². The molecule has 1 aliphatic carbocycles. The lowest BCUT2D eigenvalue weighted by Crippen LogP contribution is -2.49. The minimum Gasteiger partial charge on any atom is -0.481 e. The average molecular weight is 299 g/mol. The number of carboxylic acid groups (broad SMARTS) is 1. The van der Waals surface area contributed by atoms with Gasteiger partial charge in [0.05, 0.1) is 5.41 Å². The second-order valence-electron chi connectivity index (χ2n) is 5.64. The van der Waals surface area contributed by atoms with Crippen LogP contribution >= 0.6 is 0 Å². The van der Waals surface area contributed by atoms with Crippen molar-refractivity contribution in [3.05, 3.63) is 0 Å². The number of likely N-dealkylation sites (N-methyl/N-ethyl adjacent to an activating group) is 1. The fourth-order valence-corrected chi connectivity index (χ4v) is 2.74. The van der Waals surface area contributed by atoms with Crippen molar-refractivity contribution in [1.82, 2.24) is 10.2 Å². The molecule has 0 unspecified atom stereocenters. The van der Waals surface area contributed by atoms with Crippen molar-refractivity contribution >= 4 is 17.9 Å². The van der Waals surface area contributed by atoms with E-state index in [0.29, 0.717) is 19.4 Å². The molecule has 3 amide bonds. The summed E-state index contributed by atoms with van der Waals surface area (Å²) in [4.78, 5) is 35.8. The van der Waals surface area contributed by atoms with Crippen molar-refractivity contribution in [2.75, 3.05) is 19.6 Å². The van der Waals surface area contributed by atoms with Crippen LogP contribution in [0.5, 0.6) is 0 Å². The Bertz CT molecular complexity index is 390. The first-order chi connectivity index (χ1) is 9.91. The molecule has 0 aliphatic heterocycles. The number of hydrogen-bond donors (Lipinski definition) is 3. The van der Waals surface area contributed by atoms with Crippen molar-refractivity contribution in [2.45, 2.75) is 45.4 Å². The van der Waals surface area contributed by atoms with Crippen LogP contribution in [-0.4, -0.2) is 47.5 Å². The van der Waals surface area contributed by atoms with Gasteiger partial charge in [-0.1, -0.05) is 25.7 Å². The highest BCUT2D eigenvalue weighted by Gasteiger charge is 2.39. The molecule has 4 N–H and O–H groups in total. The van der Waals surface area contributed by atoms with Crippen LogP contribution < -0.4 is 11.1 Å². The summed E-state index contributed by atoms with van der Waals surface area (Å²) in [7, 11) is 0. The highest BCUT2D eigenvalue weighted by atomic mass is 16.4. The molecule has 0 saturated heterocycles. The van der Waals surface area contributed by atoms with Gasteiger partial charge in [0.25, 0.3) is 0 Å². The Morgan fingerprint density at radius 1 is 1.19 bits per heavy atom. The molecule has 120 valence electrons. The van der Waals surface area contributed by atoms with Gasteiger partial charge in [0.1, 0.15) is 6.54 Å². The molecule has 0 spiro atoms. The molecule has 0 heterocycles. The number of carboxylic acids is 1. The Kier molecular flexibility index (Phi) is 6.45. The molecule has 0 aromatic carbocycles. The van der Waals surface area contributed by atoms with E-state index >= 15 is 0 Å². The number of carbonyl (C=O) groups excluding carboxylic acids is 2. The van der Waals surface area contributed by atoms with Crippen LogP contribution in [0.25, 0.3) is 0 Å². The number of aliphatic carboxylic acids is 1. The summed E-state index contributed by atoms with van der Waals surface area (Å²) >= 11 is 0. The van der Waals surface area contributed by atoms with Crippen LogP contribution in [0.2, 0.25) is 0 Å². The summed E-state index contributed by atoms with van der Waals surface area (Å²) < 4.78 is 0. The number of nitrogens with zero attached hydrogens (tertiary/aromatic N) is 1. The minimum absolute atomic E-state index is 0.0937. The Labute approximate surface area is 124 Å². The summed E-state index contributed by atoms with van der Waals surface area (Å²) in [6.45, 7) is 2.01. The largest absolute Gasteiger partial charge is 0.481 e. The SMILES string of the molecule is CCN(CC(N)=O)C(=O)NCC1(C(=O)O)CCCCCC1. The first-order valence-electron chi connectivity index (χ1n) is 7.46. The number of amides is 3. The summed E-state index contributed by atoms with van der Waals surface area (Å²) in [6, 6.07) is -0.443. The molecule has 0 atom stereocenters. The highest BCUT2D eigenvalue weighted by Crippen LogP contribution is 2.34. The molecular formula is C14H25N3O4. The van der Waals surface area contributed by atoms with Crippen LogP contribution in [0.15, 0.2) is 0 Å². The predicted molar refractivity (Wildman–Crippen MR) is 77.6 cm³/mol. The molecule has 0 radical (unpaired) electrons. The van der Waals surface area contributed by atoms with E-state index in [1.54, 1.807) is 6.92 Å². The third kappa shape index (κ3) is 4.91. The molecule has 1 fully saturated rings. The molecule has 1 aliphatic rings. The summed E-state index contributed by atoms with van der Waals surface area (Å²) in [5.41, 5.74) is 4.20. The lowest BCUT2D eigenvalue weighted by atomic mass is 9.80. The second-order valence-corrected chi connectivity index (χ2v) is 5.64. The van der Waals surface area contributed by atoms with Gasteiger partial charge in [-0.25, -0.2) is 4.79 Å². The van der Waals surface area contributed by atoms with Gasteiger partial charge < -0.3 is 21.1 Å². The Balaban J connectivity index is 2.65. The van der Waals surface area contributed by atoms with Gasteiger partial charge in [-0.15, -0.1) is 0 Å². The molecule has 0 bridgehead atoms. The smallest absolute Gasteiger partial charge is 0.317 e. The predicted octanol–water partition coefficient (Wildman–Crippen LogP) is 0.928. The van der Waals surface area contributed by atoms with Crippen molar-refractivity contribution < 1.29 is 19.5 Å². The number of hydrogen-bond acceptors (Lipinski definition) is 3. The van der Waals surface area contributed by atoms with E-state index in [4.69, 9.17) is 5.73 Å². The molecule has 7 nitrogen and oxygen atoms in total. The lowest BCUT2D eigenvalue weighted by Gasteiger charge is -2.29. The number of nitrogens with one attached hydrogen (secondary N) is 1. The minimum atomic E-state index is -0.891. The zero-order chi connectivity index (χ0) is 15.9. The third-order valence-electron chi connectivity index (χ3n) is 4.11. The zero-order valence-electron chi connectivity index (χ0n) is 12.6. The van der Waals surface area contributed by atoms with Crippen LogP contribution in [0.1, 0.15) is 45.4 Å². The number of carbonyl (C=O) groups is 3. The van der Waals surface area contributed by atoms with Gasteiger partial charge in [0, 0.05) is 13.1 Å². The van der Waals surface area contributed by atoms with Gasteiger partial charge in [0.2, 0.25) is 5.91 Å². The second kappa shape index (κ2) is 7.85. The number of urea groups is 1. The zero-order valence-corrected chi connectivity index (χ0v) is 12.6. The maximum Gasteiger partial charge on any atom is 0.317 e. The monoisotopic (exact) mass is 299 g/mol. The van der Waals surface area contributed by atoms with Gasteiger partial charge in [-0.3, -0.25) is 9.59 Å². The van der Waals surface area contributed by atoms with E-state index < -0.39 is 23.3 Å². The van der Waals surface area contributed by atoms with Gasteiger partial charge in [0.15, 0.2) is 0 Å². The average Bonchev–Trinajstić information content (AvgIpc) is 2.68. The molecule has 0 aromatic heterocycles. The van der Waals surface area contributed by atoms with E-state index in [1.165, 1.54) is 4.90 Å². The summed E-state index contributed by atoms with van der Waals surface area (Å²) in [6.07, 6.45) is 4.94. The lowest BCUT2D eigenvalue weighted by molar-refractivity contribution is -0.149.